The van der Waals surface area contributed by atoms with Crippen molar-refractivity contribution in [3.8, 4) is 0 Å². The van der Waals surface area contributed by atoms with E-state index >= 15 is 0 Å². The zero-order valence-electron chi connectivity index (χ0n) is 16.4. The lowest BCUT2D eigenvalue weighted by atomic mass is 9.92. The van der Waals surface area contributed by atoms with Gasteiger partial charge in [0, 0.05) is 39.6 Å². The van der Waals surface area contributed by atoms with Crippen LogP contribution in [0.3, 0.4) is 0 Å². The molecule has 178 valence electrons. The maximum Gasteiger partial charge on any atom is 0.307 e. The van der Waals surface area contributed by atoms with E-state index in [0.29, 0.717) is 58.9 Å². The van der Waals surface area contributed by atoms with Gasteiger partial charge in [-0.1, -0.05) is 14.9 Å². The third-order valence-corrected chi connectivity index (χ3v) is 3.65. The van der Waals surface area contributed by atoms with Crippen LogP contribution in [0.4, 0.5) is 0 Å². The van der Waals surface area contributed by atoms with Gasteiger partial charge in [-0.15, -0.1) is 0 Å². The Bertz CT molecular complexity index is 309. The molecule has 0 radical (unpaired) electrons. The minimum atomic E-state index is -0.601. The van der Waals surface area contributed by atoms with Crippen LogP contribution in [0, 0.1) is 5.41 Å². The van der Waals surface area contributed by atoms with Crippen molar-refractivity contribution in [3.63, 3.8) is 0 Å². The van der Waals surface area contributed by atoms with Gasteiger partial charge in [0.15, 0.2) is 0 Å². The van der Waals surface area contributed by atoms with Crippen LogP contribution in [0.2, 0.25) is 0 Å². The van der Waals surface area contributed by atoms with Crippen molar-refractivity contribution in [2.45, 2.75) is 40.5 Å². The molecule has 0 spiro atoms. The number of esters is 1. The molecule has 9 nitrogen and oxygen atoms in total. The summed E-state index contributed by atoms with van der Waals surface area (Å²) in [6, 6.07) is 0. The van der Waals surface area contributed by atoms with Gasteiger partial charge < -0.3 is 39.0 Å². The average molecular weight is 429 g/mol. The molecule has 0 aliphatic heterocycles. The minimum absolute atomic E-state index is 0. The first-order valence-corrected chi connectivity index (χ1v) is 9.34. The van der Waals surface area contributed by atoms with Crippen molar-refractivity contribution >= 4 is 5.97 Å². The summed E-state index contributed by atoms with van der Waals surface area (Å²) >= 11 is 0. The Kier molecular flexibility index (Phi) is 26.6. The lowest BCUT2D eigenvalue weighted by molar-refractivity contribution is -0.143. The topological polar surface area (TPSA) is 124 Å². The Morgan fingerprint density at radius 1 is 0.690 bits per heavy atom. The molecule has 0 aromatic carbocycles. The van der Waals surface area contributed by atoms with Gasteiger partial charge in [-0.25, -0.2) is 0 Å². The second-order valence-corrected chi connectivity index (χ2v) is 6.27. The van der Waals surface area contributed by atoms with Gasteiger partial charge in [-0.05, 0) is 19.3 Å². The Morgan fingerprint density at radius 3 is 1.34 bits per heavy atom. The molecule has 29 heavy (non-hydrogen) atoms. The Balaban J connectivity index is -0.00000338. The number of methoxy groups -OCH3 is 1. The van der Waals surface area contributed by atoms with Crippen molar-refractivity contribution < 1.29 is 43.8 Å². The van der Waals surface area contributed by atoms with Crippen molar-refractivity contribution in [3.05, 3.63) is 0 Å². The molecule has 0 rings (SSSR count). The molecule has 0 bridgehead atoms. The van der Waals surface area contributed by atoms with Gasteiger partial charge in [-0.2, -0.15) is 0 Å². The molecule has 9 heteroatoms. The average Bonchev–Trinajstić information content (AvgIpc) is 2.69. The van der Waals surface area contributed by atoms with Crippen molar-refractivity contribution in [1.82, 2.24) is 0 Å². The van der Waals surface area contributed by atoms with Gasteiger partial charge in [0.25, 0.3) is 0 Å². The first kappa shape index (κ1) is 32.8. The smallest absolute Gasteiger partial charge is 0.307 e. The van der Waals surface area contributed by atoms with Crippen LogP contribution in [-0.4, -0.2) is 101 Å². The normalized spacial score (nSPS) is 10.9. The largest absolute Gasteiger partial charge is 0.469 e. The number of rotatable bonds is 20. The molecule has 0 aromatic rings. The molecular weight excluding hydrogens is 384 g/mol. The van der Waals surface area contributed by atoms with E-state index in [-0.39, 0.29) is 60.3 Å². The quantitative estimate of drug-likeness (QED) is 0.193. The number of ether oxygens (including phenoxy) is 5. The third kappa shape index (κ3) is 18.9. The summed E-state index contributed by atoms with van der Waals surface area (Å²) in [5.74, 6) is -0.349. The molecule has 0 heterocycles. The number of aliphatic hydroxyl groups excluding tert-OH is 3. The highest BCUT2D eigenvalue weighted by Gasteiger charge is 2.32. The third-order valence-electron chi connectivity index (χ3n) is 3.65. The van der Waals surface area contributed by atoms with Crippen LogP contribution >= 0.6 is 0 Å². The predicted molar refractivity (Wildman–Crippen MR) is 111 cm³/mol. The second kappa shape index (κ2) is 23.5. The summed E-state index contributed by atoms with van der Waals surface area (Å²) in [4.78, 5) is 11.2. The number of carbonyl (C=O) groups is 1. The SMILES string of the molecule is C.C.COC(=O)CCOCC(COCCCO)(COCCCO)COCCCO. The summed E-state index contributed by atoms with van der Waals surface area (Å²) in [5, 5.41) is 26.7. The number of hydrogen-bond donors (Lipinski definition) is 3. The Hall–Kier alpha value is -0.810. The standard InChI is InChI=1S/C18H36O9.2CH4/c1-23-17(22)5-12-27-16-18(13-24-9-2-6-19,14-25-10-3-7-20)15-26-11-4-8-21;;/h19-21H,2-16H2,1H3;2*1H4. The molecule has 0 aliphatic rings. The maximum atomic E-state index is 11.2. The molecular formula is C20H44O9. The van der Waals surface area contributed by atoms with Crippen LogP contribution in [-0.2, 0) is 28.5 Å². The first-order chi connectivity index (χ1) is 13.1. The van der Waals surface area contributed by atoms with Crippen LogP contribution < -0.4 is 0 Å². The van der Waals surface area contributed by atoms with Crippen LogP contribution in [0.15, 0.2) is 0 Å². The first-order valence-electron chi connectivity index (χ1n) is 9.34. The van der Waals surface area contributed by atoms with Crippen molar-refractivity contribution in [2.75, 3.05) is 79.8 Å². The fourth-order valence-electron chi connectivity index (χ4n) is 2.16. The summed E-state index contributed by atoms with van der Waals surface area (Å²) < 4.78 is 27.2. The zero-order valence-corrected chi connectivity index (χ0v) is 16.4. The highest BCUT2D eigenvalue weighted by Crippen LogP contribution is 2.21. The number of aliphatic hydroxyl groups is 3. The van der Waals surface area contributed by atoms with Gasteiger partial charge in [0.1, 0.15) is 0 Å². The molecule has 0 aliphatic carbocycles. The molecule has 0 saturated carbocycles. The minimum Gasteiger partial charge on any atom is -0.469 e. The zero-order chi connectivity index (χ0) is 20.2. The summed E-state index contributed by atoms with van der Waals surface area (Å²) in [5.41, 5.74) is -0.601. The summed E-state index contributed by atoms with van der Waals surface area (Å²) in [6.07, 6.45) is 1.72. The molecule has 0 amide bonds. The van der Waals surface area contributed by atoms with Crippen LogP contribution in [0.1, 0.15) is 40.5 Å². The fourth-order valence-corrected chi connectivity index (χ4v) is 2.16. The lowest BCUT2D eigenvalue weighted by Crippen LogP contribution is -2.42. The van der Waals surface area contributed by atoms with E-state index in [9.17, 15) is 4.79 Å². The Labute approximate surface area is 176 Å². The molecule has 0 fully saturated rings. The van der Waals surface area contributed by atoms with Crippen molar-refractivity contribution in [2.24, 2.45) is 5.41 Å². The summed E-state index contributed by atoms with van der Waals surface area (Å²) in [7, 11) is 1.33. The Morgan fingerprint density at radius 2 is 1.03 bits per heavy atom. The second-order valence-electron chi connectivity index (χ2n) is 6.27. The van der Waals surface area contributed by atoms with Crippen LogP contribution in [0.5, 0.6) is 0 Å². The summed E-state index contributed by atoms with van der Waals surface area (Å²) in [6.45, 7) is 2.67. The van der Waals surface area contributed by atoms with E-state index in [1.807, 2.05) is 0 Å². The van der Waals surface area contributed by atoms with E-state index < -0.39 is 5.41 Å². The number of carbonyl (C=O) groups excluding carboxylic acids is 1. The predicted octanol–water partition coefficient (Wildman–Crippen LogP) is 1.02. The van der Waals surface area contributed by atoms with E-state index in [4.69, 9.17) is 34.3 Å². The lowest BCUT2D eigenvalue weighted by Gasteiger charge is -2.33. The molecule has 0 unspecified atom stereocenters. The van der Waals surface area contributed by atoms with E-state index in [1.165, 1.54) is 7.11 Å². The molecule has 0 atom stereocenters. The maximum absolute atomic E-state index is 11.2. The van der Waals surface area contributed by atoms with E-state index in [1.54, 1.807) is 0 Å². The molecule has 3 N–H and O–H groups in total. The molecule has 0 saturated heterocycles. The van der Waals surface area contributed by atoms with E-state index in [0.717, 1.165) is 0 Å². The van der Waals surface area contributed by atoms with Gasteiger partial charge in [-0.3, -0.25) is 4.79 Å². The highest BCUT2D eigenvalue weighted by molar-refractivity contribution is 5.69. The van der Waals surface area contributed by atoms with Crippen LogP contribution in [0.25, 0.3) is 0 Å². The monoisotopic (exact) mass is 428 g/mol. The van der Waals surface area contributed by atoms with Gasteiger partial charge in [0.05, 0.1) is 52.0 Å². The highest BCUT2D eigenvalue weighted by atomic mass is 16.5. The van der Waals surface area contributed by atoms with E-state index in [2.05, 4.69) is 4.74 Å². The number of hydrogen-bond acceptors (Lipinski definition) is 9. The van der Waals surface area contributed by atoms with Gasteiger partial charge in [0.2, 0.25) is 0 Å². The molecule has 0 aromatic heterocycles. The van der Waals surface area contributed by atoms with Gasteiger partial charge >= 0.3 is 5.97 Å². The van der Waals surface area contributed by atoms with Crippen molar-refractivity contribution in [1.29, 1.82) is 0 Å². The fraction of sp³-hybridized carbons (Fsp3) is 0.950.